The summed E-state index contributed by atoms with van der Waals surface area (Å²) in [4.78, 5) is 130. The van der Waals surface area contributed by atoms with Crippen molar-refractivity contribution in [2.75, 3.05) is 69.3 Å². The average molecular weight is 1520 g/mol. The molecule has 1 aliphatic carbocycles. The quantitative estimate of drug-likeness (QED) is 0.0248. The predicted octanol–water partition coefficient (Wildman–Crippen LogP) is 9.66. The van der Waals surface area contributed by atoms with Crippen molar-refractivity contribution in [3.63, 3.8) is 0 Å². The third-order valence-electron chi connectivity index (χ3n) is 21.4. The number of fused-ring (bicyclic) bond motifs is 9. The predicted molar refractivity (Wildman–Crippen MR) is 412 cm³/mol. The van der Waals surface area contributed by atoms with Crippen LogP contribution in [-0.2, 0) is 53.1 Å². The Kier molecular flexibility index (Phi) is 23.4. The van der Waals surface area contributed by atoms with Crippen LogP contribution in [0.25, 0.3) is 28.1 Å². The van der Waals surface area contributed by atoms with Gasteiger partial charge in [0.15, 0.2) is 29.2 Å². The molecule has 13 rings (SSSR count). The van der Waals surface area contributed by atoms with E-state index in [1.165, 1.54) is 26.2 Å². The molecular formula is C83H94N12O16. The van der Waals surface area contributed by atoms with E-state index in [1.807, 2.05) is 108 Å². The van der Waals surface area contributed by atoms with Crippen LogP contribution in [0.3, 0.4) is 0 Å². The fourth-order valence-corrected chi connectivity index (χ4v) is 15.1. The molecule has 6 aliphatic rings. The van der Waals surface area contributed by atoms with Crippen LogP contribution in [0, 0.1) is 11.3 Å². The van der Waals surface area contributed by atoms with Crippen LogP contribution in [0.1, 0.15) is 148 Å². The van der Waals surface area contributed by atoms with E-state index >= 15 is 0 Å². The number of ether oxygens (including phenoxy) is 6. The van der Waals surface area contributed by atoms with Gasteiger partial charge in [-0.25, -0.2) is 14.4 Å². The smallest absolute Gasteiger partial charge is 0.416 e. The van der Waals surface area contributed by atoms with Crippen molar-refractivity contribution < 1.29 is 76.7 Å². The van der Waals surface area contributed by atoms with E-state index in [1.54, 1.807) is 68.2 Å². The normalized spacial score (nSPS) is 17.5. The van der Waals surface area contributed by atoms with Gasteiger partial charge in [-0.1, -0.05) is 85.8 Å². The number of benzene rings is 6. The number of rotatable bonds is 28. The number of nitrogens with one attached hydrogen (secondary N) is 5. The van der Waals surface area contributed by atoms with Crippen LogP contribution >= 0.6 is 0 Å². The Morgan fingerprint density at radius 3 is 2.03 bits per heavy atom. The van der Waals surface area contributed by atoms with Gasteiger partial charge in [0, 0.05) is 66.1 Å². The minimum atomic E-state index is -1.48. The van der Waals surface area contributed by atoms with Crippen molar-refractivity contribution in [3.8, 4) is 51.3 Å². The number of nitrogens with zero attached hydrogens (tertiary/aromatic N) is 7. The van der Waals surface area contributed by atoms with Crippen LogP contribution < -0.4 is 60.1 Å². The molecule has 111 heavy (non-hydrogen) atoms. The number of anilines is 3. The highest BCUT2D eigenvalue weighted by Gasteiger charge is 2.58. The molecule has 1 saturated carbocycles. The van der Waals surface area contributed by atoms with Crippen molar-refractivity contribution >= 4 is 76.0 Å². The Labute approximate surface area is 643 Å². The number of unbranched alkanes of at least 4 members (excludes halogenated alkanes) is 2. The molecule has 1 spiro atoms. The summed E-state index contributed by atoms with van der Waals surface area (Å²) in [6, 6.07) is 33.4. The Morgan fingerprint density at radius 2 is 1.33 bits per heavy atom. The molecule has 5 aliphatic heterocycles. The number of aliphatic hydroxyl groups excluding tert-OH is 1. The van der Waals surface area contributed by atoms with Crippen LogP contribution in [0.15, 0.2) is 128 Å². The standard InChI is InChI=1S/C83H94N12O16/c1-48(2)74(88-72(98)43-85-71(97)42-84-70(96)30-31-73(99)92-44-54-16-10-11-17-59(54)76-75(89-90-95(76)49(3)4)60-18-12-13-19-63(60)92)78(101)86-50(5)77(100)87-56-25-20-51(21-26-56)46-111-82(105)94-64-40-69(67(108-8)39-62(64)80(103)93-47-83(32-33-83)41-65(93)81(94)104)110-35-15-9-14-34-109-68-37-53-22-27-57-36-55(52-23-28-58(106-6)29-24-52)45-91(57)79(102)61(53)38-66(68)107-7/h10-13,16-21,23-26,28-29,37-40,45,48-50,57,65,74,81,104H,9,14-15,22,27,30-36,41-44,46-47H2,1-8H3,(H,84,96)(H,85,97)(H,86,101)(H,87,100)(H,88,98)/t50-,57+,65-,74-,81-/m0/s1. The van der Waals surface area contributed by atoms with Crippen molar-refractivity contribution in [2.45, 2.75) is 155 Å². The lowest BCUT2D eigenvalue weighted by molar-refractivity contribution is -0.132. The van der Waals surface area contributed by atoms with Crippen LogP contribution in [0.4, 0.5) is 21.9 Å². The average Bonchev–Trinajstić information content (AvgIpc) is 1.62. The van der Waals surface area contributed by atoms with E-state index in [9.17, 15) is 48.3 Å². The van der Waals surface area contributed by atoms with Crippen LogP contribution in [0.2, 0.25) is 0 Å². The first-order valence-corrected chi connectivity index (χ1v) is 37.8. The molecule has 582 valence electrons. The zero-order chi connectivity index (χ0) is 78.4. The van der Waals surface area contributed by atoms with E-state index in [-0.39, 0.29) is 90.6 Å². The van der Waals surface area contributed by atoms with Crippen molar-refractivity contribution in [1.82, 2.24) is 46.1 Å². The molecule has 0 unspecified atom stereocenters. The summed E-state index contributed by atoms with van der Waals surface area (Å²) in [5.74, 6) is -2.08. The second-order valence-corrected chi connectivity index (χ2v) is 29.7. The molecule has 1 aromatic heterocycles. The molecule has 5 atom stereocenters. The molecule has 7 aromatic rings. The van der Waals surface area contributed by atoms with E-state index < -0.39 is 79.0 Å². The number of para-hydroxylation sites is 1. The number of aryl methyl sites for hydroxylation is 1. The maximum absolute atomic E-state index is 14.5. The zero-order valence-electron chi connectivity index (χ0n) is 63.6. The highest BCUT2D eigenvalue weighted by atomic mass is 16.6. The molecule has 6 N–H and O–H groups in total. The summed E-state index contributed by atoms with van der Waals surface area (Å²) >= 11 is 0. The number of methoxy groups -OCH3 is 3. The van der Waals surface area contributed by atoms with E-state index in [0.29, 0.717) is 85.0 Å². The summed E-state index contributed by atoms with van der Waals surface area (Å²) in [6.07, 6.45) is 5.68. The number of hydrogen-bond donors (Lipinski definition) is 6. The first-order chi connectivity index (χ1) is 53.5. The zero-order valence-corrected chi connectivity index (χ0v) is 63.6. The van der Waals surface area contributed by atoms with Gasteiger partial charge in [0.1, 0.15) is 30.1 Å². The third kappa shape index (κ3) is 17.0. The monoisotopic (exact) mass is 1510 g/mol. The van der Waals surface area contributed by atoms with Gasteiger partial charge >= 0.3 is 6.09 Å². The summed E-state index contributed by atoms with van der Waals surface area (Å²) in [5.41, 5.74) is 9.21. The van der Waals surface area contributed by atoms with Crippen molar-refractivity contribution in [3.05, 3.63) is 161 Å². The Morgan fingerprint density at radius 1 is 0.658 bits per heavy atom. The summed E-state index contributed by atoms with van der Waals surface area (Å²) in [5, 5.41) is 34.2. The molecule has 28 heteroatoms. The maximum atomic E-state index is 14.5. The molecule has 0 bridgehead atoms. The Bertz CT molecular complexity index is 4750. The number of carbonyl (C=O) groups excluding carboxylic acids is 9. The minimum Gasteiger partial charge on any atom is -0.497 e. The van der Waals surface area contributed by atoms with E-state index in [2.05, 4.69) is 36.9 Å². The second-order valence-electron chi connectivity index (χ2n) is 29.7. The number of aromatic nitrogens is 3. The Hall–Kier alpha value is -11.8. The number of aliphatic hydroxyl groups is 1. The minimum absolute atomic E-state index is 0.0198. The lowest BCUT2D eigenvalue weighted by Crippen LogP contribution is -2.55. The molecule has 2 fully saturated rings. The third-order valence-corrected chi connectivity index (χ3v) is 21.4. The maximum Gasteiger partial charge on any atom is 0.416 e. The van der Waals surface area contributed by atoms with Crippen LogP contribution in [0.5, 0.6) is 28.7 Å². The van der Waals surface area contributed by atoms with Gasteiger partial charge in [-0.05, 0) is 166 Å². The van der Waals surface area contributed by atoms with Gasteiger partial charge in [0.25, 0.3) is 11.8 Å². The SMILES string of the molecule is COc1ccc(C2=CN3C(=O)c4cc(OC)c(OCCCCCOc5cc6c(cc5OC)C(=O)N5CC7(CC7)C[C@H]5[C@H](O)N6C(=O)OCc5ccc(NC(=O)[C@H](C)NC(=O)[C@@H](NC(=O)CNC(=O)CNC(=O)CCC(=O)N6Cc7ccccc7-c7c(nnn7C(C)C)-c7ccccc76)C(C)C)cc5)cc4CC[C@@H]3C2)cc1. The molecular weight excluding hydrogens is 1420 g/mol. The number of hydrogen-bond acceptors (Lipinski definition) is 18. The summed E-state index contributed by atoms with van der Waals surface area (Å²) in [6.45, 7) is 8.91. The number of carbonyl (C=O) groups is 9. The van der Waals surface area contributed by atoms with Gasteiger partial charge < -0.3 is 74.8 Å². The van der Waals surface area contributed by atoms with Gasteiger partial charge in [0.05, 0.1) is 82.9 Å². The van der Waals surface area contributed by atoms with Gasteiger partial charge in [-0.2, -0.15) is 0 Å². The molecule has 1 saturated heterocycles. The van der Waals surface area contributed by atoms with Crippen LogP contribution in [-0.4, -0.2) is 168 Å². The lowest BCUT2D eigenvalue weighted by atomic mass is 9.95. The van der Waals surface area contributed by atoms with Gasteiger partial charge in [0.2, 0.25) is 35.4 Å². The highest BCUT2D eigenvalue weighted by Crippen LogP contribution is 2.57. The molecule has 28 nitrogen and oxygen atoms in total. The molecule has 0 radical (unpaired) electrons. The fraction of sp³-hybridized carbons (Fsp3) is 0.410. The van der Waals surface area contributed by atoms with Crippen molar-refractivity contribution in [1.29, 1.82) is 0 Å². The number of amides is 9. The second kappa shape index (κ2) is 33.6. The first kappa shape index (κ1) is 77.4. The highest BCUT2D eigenvalue weighted by molar-refractivity contribution is 6.07. The lowest BCUT2D eigenvalue weighted by Gasteiger charge is -2.31. The van der Waals surface area contributed by atoms with Crippen molar-refractivity contribution in [2.24, 2.45) is 11.3 Å². The van der Waals surface area contributed by atoms with E-state index in [4.69, 9.17) is 28.4 Å². The molecule has 9 amide bonds. The van der Waals surface area contributed by atoms with E-state index in [0.717, 1.165) is 75.4 Å². The summed E-state index contributed by atoms with van der Waals surface area (Å²) in [7, 11) is 4.66. The fourth-order valence-electron chi connectivity index (χ4n) is 15.1. The largest absolute Gasteiger partial charge is 0.497 e. The molecule has 6 heterocycles. The topological polar surface area (TPSA) is 333 Å². The van der Waals surface area contributed by atoms with Gasteiger partial charge in [-0.15, -0.1) is 5.10 Å². The van der Waals surface area contributed by atoms with Gasteiger partial charge in [-0.3, -0.25) is 38.4 Å². The molecule has 6 aromatic carbocycles. The summed E-state index contributed by atoms with van der Waals surface area (Å²) < 4.78 is 37.3. The first-order valence-electron chi connectivity index (χ1n) is 37.8. The Balaban J connectivity index is 0.556.